The van der Waals surface area contributed by atoms with Gasteiger partial charge in [-0.1, -0.05) is 42.5 Å². The third kappa shape index (κ3) is 1.97. The van der Waals surface area contributed by atoms with Crippen LogP contribution in [0.1, 0.15) is 28.8 Å². The van der Waals surface area contributed by atoms with E-state index in [1.165, 1.54) is 11.1 Å². The number of ether oxygens (including phenoxy) is 1. The van der Waals surface area contributed by atoms with Gasteiger partial charge in [0.25, 0.3) is 0 Å². The normalized spacial score (nSPS) is 22.7. The number of fused-ring (bicyclic) bond motifs is 5. The summed E-state index contributed by atoms with van der Waals surface area (Å²) >= 11 is 0. The lowest BCUT2D eigenvalue weighted by molar-refractivity contribution is -0.120. The van der Waals surface area contributed by atoms with E-state index in [4.69, 9.17) is 4.74 Å². The van der Waals surface area contributed by atoms with Crippen molar-refractivity contribution >= 4 is 5.78 Å². The van der Waals surface area contributed by atoms with Crippen LogP contribution in [0, 0.1) is 0 Å². The monoisotopic (exact) mass is 291 g/mol. The number of hydrogen-bond donors (Lipinski definition) is 0. The van der Waals surface area contributed by atoms with Crippen molar-refractivity contribution in [1.82, 2.24) is 4.90 Å². The molecular formula is C19H17NO2. The Bertz CT molecular complexity index is 748. The van der Waals surface area contributed by atoms with Gasteiger partial charge in [-0.15, -0.1) is 0 Å². The second kappa shape index (κ2) is 5.11. The molecule has 2 aliphatic heterocycles. The topological polar surface area (TPSA) is 29.5 Å². The quantitative estimate of drug-likeness (QED) is 0.867. The van der Waals surface area contributed by atoms with Crippen molar-refractivity contribution in [3.05, 3.63) is 77.4 Å². The molecule has 0 aromatic heterocycles. The molecule has 0 aliphatic carbocycles. The van der Waals surface area contributed by atoms with Crippen molar-refractivity contribution in [3.63, 3.8) is 0 Å². The summed E-state index contributed by atoms with van der Waals surface area (Å²) in [6.45, 7) is 0.754. The van der Waals surface area contributed by atoms with Crippen LogP contribution in [0.3, 0.4) is 0 Å². The summed E-state index contributed by atoms with van der Waals surface area (Å²) in [7, 11) is 1.67. The summed E-state index contributed by atoms with van der Waals surface area (Å²) in [6, 6.07) is 16.4. The van der Waals surface area contributed by atoms with Gasteiger partial charge in [-0.05, 0) is 34.9 Å². The van der Waals surface area contributed by atoms with Gasteiger partial charge >= 0.3 is 0 Å². The molecule has 2 aliphatic rings. The number of hydrogen-bond acceptors (Lipinski definition) is 3. The molecule has 0 amide bonds. The molecule has 4 rings (SSSR count). The Balaban J connectivity index is 1.68. The minimum absolute atomic E-state index is 0.145. The number of carbonyl (C=O) groups is 1. The second-order valence-electron chi connectivity index (χ2n) is 5.76. The maximum absolute atomic E-state index is 12.4. The van der Waals surface area contributed by atoms with Crippen molar-refractivity contribution in [2.75, 3.05) is 7.11 Å². The molecule has 2 aromatic carbocycles. The van der Waals surface area contributed by atoms with Crippen molar-refractivity contribution in [3.8, 4) is 5.75 Å². The third-order valence-electron chi connectivity index (χ3n) is 4.53. The lowest BCUT2D eigenvalue weighted by Gasteiger charge is -2.30. The van der Waals surface area contributed by atoms with Gasteiger partial charge in [-0.2, -0.15) is 0 Å². The first-order valence-corrected chi connectivity index (χ1v) is 7.47. The van der Waals surface area contributed by atoms with Gasteiger partial charge in [0.05, 0.1) is 19.2 Å². The standard InChI is InChI=1S/C19H17NO2/c1-22-14-8-6-13(7-9-14)12-20-17-10-11-18(21)19(20)16-5-3-2-4-15(16)17/h2-11,17,19H,12H2,1H3. The Morgan fingerprint density at radius 2 is 1.77 bits per heavy atom. The maximum atomic E-state index is 12.4. The molecule has 0 spiro atoms. The highest BCUT2D eigenvalue weighted by Crippen LogP contribution is 2.46. The highest BCUT2D eigenvalue weighted by molar-refractivity contribution is 5.97. The van der Waals surface area contributed by atoms with Gasteiger partial charge in [-0.3, -0.25) is 9.69 Å². The van der Waals surface area contributed by atoms with E-state index >= 15 is 0 Å². The molecule has 0 fully saturated rings. The van der Waals surface area contributed by atoms with E-state index in [1.807, 2.05) is 30.3 Å². The summed E-state index contributed by atoms with van der Waals surface area (Å²) in [5.74, 6) is 1.03. The van der Waals surface area contributed by atoms with Gasteiger partial charge in [0, 0.05) is 6.54 Å². The Morgan fingerprint density at radius 3 is 2.50 bits per heavy atom. The van der Waals surface area contributed by atoms with Crippen LogP contribution in [0.5, 0.6) is 5.75 Å². The molecule has 22 heavy (non-hydrogen) atoms. The largest absolute Gasteiger partial charge is 0.497 e. The summed E-state index contributed by atoms with van der Waals surface area (Å²) in [5.41, 5.74) is 3.59. The fraction of sp³-hybridized carbons (Fsp3) is 0.211. The molecule has 3 heteroatoms. The lowest BCUT2D eigenvalue weighted by atomic mass is 10.0. The number of ketones is 1. The molecule has 2 aromatic rings. The second-order valence-corrected chi connectivity index (χ2v) is 5.76. The van der Waals surface area contributed by atoms with Crippen molar-refractivity contribution in [1.29, 1.82) is 0 Å². The van der Waals surface area contributed by atoms with Crippen molar-refractivity contribution < 1.29 is 9.53 Å². The molecule has 2 heterocycles. The molecule has 2 unspecified atom stereocenters. The summed E-state index contributed by atoms with van der Waals surface area (Å²) in [6.07, 6.45) is 3.76. The van der Waals surface area contributed by atoms with Gasteiger partial charge in [0.2, 0.25) is 0 Å². The van der Waals surface area contributed by atoms with Crippen molar-refractivity contribution in [2.24, 2.45) is 0 Å². The fourth-order valence-corrected chi connectivity index (χ4v) is 3.49. The number of rotatable bonds is 3. The lowest BCUT2D eigenvalue weighted by Crippen LogP contribution is -2.32. The van der Waals surface area contributed by atoms with Crippen LogP contribution in [0.15, 0.2) is 60.7 Å². The summed E-state index contributed by atoms with van der Waals surface area (Å²) in [4.78, 5) is 14.6. The predicted molar refractivity (Wildman–Crippen MR) is 84.6 cm³/mol. The number of benzene rings is 2. The van der Waals surface area contributed by atoms with Crippen LogP contribution >= 0.6 is 0 Å². The van der Waals surface area contributed by atoms with Crippen LogP contribution < -0.4 is 4.74 Å². The number of carbonyl (C=O) groups excluding carboxylic acids is 1. The number of methoxy groups -OCH3 is 1. The zero-order valence-electron chi connectivity index (χ0n) is 12.4. The first-order valence-electron chi connectivity index (χ1n) is 7.47. The van der Waals surface area contributed by atoms with Crippen LogP contribution in [-0.2, 0) is 11.3 Å². The van der Waals surface area contributed by atoms with E-state index in [1.54, 1.807) is 13.2 Å². The highest BCUT2D eigenvalue weighted by atomic mass is 16.5. The van der Waals surface area contributed by atoms with Gasteiger partial charge in [0.15, 0.2) is 5.78 Å². The number of nitrogens with zero attached hydrogens (tertiary/aromatic N) is 1. The Morgan fingerprint density at radius 1 is 1.05 bits per heavy atom. The molecule has 2 atom stereocenters. The van der Waals surface area contributed by atoms with Crippen LogP contribution in [0.25, 0.3) is 0 Å². The van der Waals surface area contributed by atoms with Crippen LogP contribution in [0.4, 0.5) is 0 Å². The molecule has 0 saturated carbocycles. The van der Waals surface area contributed by atoms with E-state index in [0.717, 1.165) is 17.9 Å². The summed E-state index contributed by atoms with van der Waals surface area (Å²) < 4.78 is 5.20. The smallest absolute Gasteiger partial charge is 0.177 e. The van der Waals surface area contributed by atoms with E-state index < -0.39 is 0 Å². The molecule has 0 N–H and O–H groups in total. The minimum atomic E-state index is -0.145. The maximum Gasteiger partial charge on any atom is 0.177 e. The Kier molecular flexibility index (Phi) is 3.09. The molecule has 3 nitrogen and oxygen atoms in total. The van der Waals surface area contributed by atoms with E-state index in [0.29, 0.717) is 0 Å². The first kappa shape index (κ1) is 13.3. The first-order chi connectivity index (χ1) is 10.8. The van der Waals surface area contributed by atoms with Crippen LogP contribution in [-0.4, -0.2) is 17.8 Å². The van der Waals surface area contributed by atoms with E-state index in [-0.39, 0.29) is 17.9 Å². The highest BCUT2D eigenvalue weighted by Gasteiger charge is 2.42. The zero-order chi connectivity index (χ0) is 15.1. The molecule has 0 radical (unpaired) electrons. The average Bonchev–Trinajstić information content (AvgIpc) is 2.78. The molecule has 110 valence electrons. The van der Waals surface area contributed by atoms with Gasteiger partial charge in [0.1, 0.15) is 5.75 Å². The van der Waals surface area contributed by atoms with Crippen LogP contribution in [0.2, 0.25) is 0 Å². The molecule has 0 saturated heterocycles. The fourth-order valence-electron chi connectivity index (χ4n) is 3.49. The molecule has 2 bridgehead atoms. The van der Waals surface area contributed by atoms with Gasteiger partial charge in [-0.25, -0.2) is 0 Å². The van der Waals surface area contributed by atoms with Gasteiger partial charge < -0.3 is 4.74 Å². The zero-order valence-corrected chi connectivity index (χ0v) is 12.4. The van der Waals surface area contributed by atoms with E-state index in [9.17, 15) is 4.79 Å². The average molecular weight is 291 g/mol. The Labute approximate surface area is 129 Å². The molecular weight excluding hydrogens is 274 g/mol. The third-order valence-corrected chi connectivity index (χ3v) is 4.53. The summed E-state index contributed by atoms with van der Waals surface area (Å²) in [5, 5.41) is 0. The minimum Gasteiger partial charge on any atom is -0.497 e. The van der Waals surface area contributed by atoms with E-state index in [2.05, 4.69) is 29.2 Å². The SMILES string of the molecule is COc1ccc(CN2C3C=CC(=O)C2c2ccccc23)cc1. The predicted octanol–water partition coefficient (Wildman–Crippen LogP) is 3.43. The Hall–Kier alpha value is -2.39. The van der Waals surface area contributed by atoms with Crippen molar-refractivity contribution in [2.45, 2.75) is 18.6 Å².